The highest BCUT2D eigenvalue weighted by atomic mass is 15.1. The molecule has 0 amide bonds. The summed E-state index contributed by atoms with van der Waals surface area (Å²) < 4.78 is 0. The van der Waals surface area contributed by atoms with Crippen molar-refractivity contribution >= 4 is 0 Å². The van der Waals surface area contributed by atoms with Gasteiger partial charge in [0.15, 0.2) is 0 Å². The first-order chi connectivity index (χ1) is 37.8. The molecule has 0 aliphatic heterocycles. The van der Waals surface area contributed by atoms with Gasteiger partial charge >= 0.3 is 0 Å². The van der Waals surface area contributed by atoms with Crippen molar-refractivity contribution < 1.29 is 0 Å². The second-order valence-electron chi connectivity index (χ2n) is 26.2. The molecule has 0 heterocycles. The van der Waals surface area contributed by atoms with E-state index in [1.807, 2.05) is 0 Å². The Labute approximate surface area is 486 Å². The minimum atomic E-state index is 0.848. The van der Waals surface area contributed by atoms with Crippen molar-refractivity contribution in [3.05, 3.63) is 0 Å². The first kappa shape index (κ1) is 76.0. The van der Waals surface area contributed by atoms with Crippen LogP contribution in [-0.4, -0.2) is 24.0 Å². The lowest BCUT2D eigenvalue weighted by atomic mass is 9.97. The predicted molar refractivity (Wildman–Crippen MR) is 352 cm³/mol. The molecule has 0 spiro atoms. The van der Waals surface area contributed by atoms with Crippen LogP contribution in [0.5, 0.6) is 0 Å². The van der Waals surface area contributed by atoms with Crippen molar-refractivity contribution in [3.63, 3.8) is 0 Å². The van der Waals surface area contributed by atoms with Crippen molar-refractivity contribution in [3.8, 4) is 0 Å². The molecular formula is C75H153N. The van der Waals surface area contributed by atoms with Crippen molar-refractivity contribution in [1.82, 2.24) is 4.90 Å². The van der Waals surface area contributed by atoms with E-state index in [-0.39, 0.29) is 0 Å². The van der Waals surface area contributed by atoms with Crippen LogP contribution < -0.4 is 0 Å². The Kier molecular flexibility index (Phi) is 71.0. The van der Waals surface area contributed by atoms with E-state index in [4.69, 9.17) is 0 Å². The lowest BCUT2D eigenvalue weighted by Crippen LogP contribution is -2.37. The summed E-state index contributed by atoms with van der Waals surface area (Å²) in [6.45, 7) is 12.1. The van der Waals surface area contributed by atoms with E-state index in [0.717, 1.165) is 6.04 Å². The monoisotopic (exact) mass is 1070 g/mol. The fourth-order valence-corrected chi connectivity index (χ4v) is 12.9. The third-order valence-electron chi connectivity index (χ3n) is 18.4. The minimum Gasteiger partial charge on any atom is -0.300 e. The second kappa shape index (κ2) is 71.1. The maximum Gasteiger partial charge on any atom is 0.00952 e. The van der Waals surface area contributed by atoms with Gasteiger partial charge in [-0.3, -0.25) is 0 Å². The molecule has 1 heteroatoms. The highest BCUT2D eigenvalue weighted by Crippen LogP contribution is 2.24. The highest BCUT2D eigenvalue weighted by molar-refractivity contribution is 4.74. The van der Waals surface area contributed by atoms with E-state index < -0.39 is 0 Å². The van der Waals surface area contributed by atoms with Gasteiger partial charge in [0.1, 0.15) is 0 Å². The normalized spacial score (nSPS) is 11.9. The SMILES string of the molecule is CCCCCCCCCCCCCCCCCCCN(CCCCCCCCCCCCCCCCCCC)C(CCCCCCCCCCCCCCCCCC)CCCCCCCCCCCCCCCCCC. The average Bonchev–Trinajstić information content (AvgIpc) is 3.43. The van der Waals surface area contributed by atoms with Gasteiger partial charge in [0.2, 0.25) is 0 Å². The Bertz CT molecular complexity index is 883. The van der Waals surface area contributed by atoms with Crippen LogP contribution in [0.3, 0.4) is 0 Å². The molecule has 0 radical (unpaired) electrons. The van der Waals surface area contributed by atoms with Gasteiger partial charge < -0.3 is 4.90 Å². The lowest BCUT2D eigenvalue weighted by Gasteiger charge is -2.32. The smallest absolute Gasteiger partial charge is 0.00952 e. The molecule has 0 N–H and O–H groups in total. The largest absolute Gasteiger partial charge is 0.300 e. The van der Waals surface area contributed by atoms with E-state index >= 15 is 0 Å². The number of rotatable bonds is 71. The van der Waals surface area contributed by atoms with Gasteiger partial charge in [-0.25, -0.2) is 0 Å². The summed E-state index contributed by atoms with van der Waals surface area (Å²) in [7, 11) is 0. The molecule has 0 bridgehead atoms. The van der Waals surface area contributed by atoms with Gasteiger partial charge in [-0.15, -0.1) is 0 Å². The summed E-state index contributed by atoms with van der Waals surface area (Å²) in [5, 5.41) is 0. The number of hydrogen-bond donors (Lipinski definition) is 0. The van der Waals surface area contributed by atoms with Crippen LogP contribution in [0, 0.1) is 0 Å². The van der Waals surface area contributed by atoms with Crippen molar-refractivity contribution in [2.45, 2.75) is 470 Å². The average molecular weight is 1070 g/mol. The van der Waals surface area contributed by atoms with E-state index in [9.17, 15) is 0 Å². The van der Waals surface area contributed by atoms with Gasteiger partial charge in [0, 0.05) is 6.04 Å². The van der Waals surface area contributed by atoms with Gasteiger partial charge in [-0.05, 0) is 38.8 Å². The summed E-state index contributed by atoms with van der Waals surface area (Å²) in [6.07, 6.45) is 100. The van der Waals surface area contributed by atoms with Crippen molar-refractivity contribution in [2.75, 3.05) is 13.1 Å². The van der Waals surface area contributed by atoms with Gasteiger partial charge in [0.25, 0.3) is 0 Å². The van der Waals surface area contributed by atoms with E-state index in [0.29, 0.717) is 0 Å². The maximum absolute atomic E-state index is 3.10. The first-order valence-corrected chi connectivity index (χ1v) is 37.5. The number of hydrogen-bond acceptors (Lipinski definition) is 1. The summed E-state index contributed by atoms with van der Waals surface area (Å²) in [5.74, 6) is 0. The summed E-state index contributed by atoms with van der Waals surface area (Å²) in [5.41, 5.74) is 0. The zero-order chi connectivity index (χ0) is 54.7. The molecule has 0 aliphatic carbocycles. The summed E-state index contributed by atoms with van der Waals surface area (Å²) in [6, 6.07) is 0.848. The Morgan fingerprint density at radius 1 is 0.145 bits per heavy atom. The minimum absolute atomic E-state index is 0.848. The van der Waals surface area contributed by atoms with Gasteiger partial charge in [0.05, 0.1) is 0 Å². The molecule has 0 saturated heterocycles. The second-order valence-corrected chi connectivity index (χ2v) is 26.2. The van der Waals surface area contributed by atoms with Crippen LogP contribution >= 0.6 is 0 Å². The van der Waals surface area contributed by atoms with Crippen molar-refractivity contribution in [2.24, 2.45) is 0 Å². The third-order valence-corrected chi connectivity index (χ3v) is 18.4. The van der Waals surface area contributed by atoms with E-state index in [1.54, 1.807) is 0 Å². The van der Waals surface area contributed by atoms with Crippen LogP contribution in [0.1, 0.15) is 464 Å². The molecule has 76 heavy (non-hydrogen) atoms. The molecule has 458 valence electrons. The summed E-state index contributed by atoms with van der Waals surface area (Å²) in [4.78, 5) is 3.10. The first-order valence-electron chi connectivity index (χ1n) is 37.5. The molecule has 0 fully saturated rings. The van der Waals surface area contributed by atoms with Gasteiger partial charge in [-0.2, -0.15) is 0 Å². The quantitative estimate of drug-likeness (QED) is 0.0549. The number of nitrogens with zero attached hydrogens (tertiary/aromatic N) is 1. The lowest BCUT2D eigenvalue weighted by molar-refractivity contribution is 0.163. The highest BCUT2D eigenvalue weighted by Gasteiger charge is 2.18. The van der Waals surface area contributed by atoms with Crippen LogP contribution in [-0.2, 0) is 0 Å². The molecule has 0 saturated carbocycles. The fourth-order valence-electron chi connectivity index (χ4n) is 12.9. The molecule has 0 rings (SSSR count). The molecule has 0 aromatic carbocycles. The molecule has 0 aliphatic rings. The standard InChI is InChI=1S/C75H153N/c1-5-9-13-17-21-25-29-33-37-41-45-49-53-57-61-65-69-73-76(74-70-66-62-58-54-50-46-42-38-34-30-26-22-18-14-10-6-2)75(71-67-63-59-55-51-47-43-39-35-31-27-23-19-15-11-7-3)72-68-64-60-56-52-48-44-40-36-32-28-24-20-16-12-8-4/h75H,5-74H2,1-4H3. The maximum atomic E-state index is 3.10. The Hall–Kier alpha value is -0.0400. The molecule has 1 nitrogen and oxygen atoms in total. The van der Waals surface area contributed by atoms with Crippen LogP contribution in [0.15, 0.2) is 0 Å². The molecule has 0 atom stereocenters. The predicted octanol–water partition coefficient (Wildman–Crippen LogP) is 28.3. The third kappa shape index (κ3) is 64.8. The van der Waals surface area contributed by atoms with Crippen LogP contribution in [0.4, 0.5) is 0 Å². The molecule has 0 unspecified atom stereocenters. The van der Waals surface area contributed by atoms with Gasteiger partial charge in [-0.1, -0.05) is 439 Å². The topological polar surface area (TPSA) is 3.24 Å². The number of unbranched alkanes of at least 4 members (excludes halogenated alkanes) is 62. The molecule has 0 aromatic heterocycles. The van der Waals surface area contributed by atoms with Crippen LogP contribution in [0.25, 0.3) is 0 Å². The molecular weight excluding hydrogens is 915 g/mol. The molecule has 0 aromatic rings. The summed E-state index contributed by atoms with van der Waals surface area (Å²) >= 11 is 0. The van der Waals surface area contributed by atoms with Crippen LogP contribution in [0.2, 0.25) is 0 Å². The zero-order valence-electron chi connectivity index (χ0n) is 54.5. The Balaban J connectivity index is 4.92. The zero-order valence-corrected chi connectivity index (χ0v) is 54.5. The Morgan fingerprint density at radius 2 is 0.263 bits per heavy atom. The van der Waals surface area contributed by atoms with E-state index in [1.165, 1.54) is 450 Å². The Morgan fingerprint density at radius 3 is 0.408 bits per heavy atom. The fraction of sp³-hybridized carbons (Fsp3) is 1.00. The van der Waals surface area contributed by atoms with Crippen molar-refractivity contribution in [1.29, 1.82) is 0 Å². The van der Waals surface area contributed by atoms with E-state index in [2.05, 4.69) is 32.6 Å².